The Kier molecular flexibility index (Phi) is 6.75. The van der Waals surface area contributed by atoms with Crippen LogP contribution in [0.15, 0.2) is 77.7 Å². The van der Waals surface area contributed by atoms with Crippen LogP contribution in [0.5, 0.6) is 0 Å². The summed E-state index contributed by atoms with van der Waals surface area (Å²) >= 11 is 2.38. The van der Waals surface area contributed by atoms with Gasteiger partial charge >= 0.3 is 0 Å². The molecular weight excluding hydrogens is 447 g/mol. The molecule has 0 amide bonds. The molecule has 0 saturated heterocycles. The Hall–Kier alpha value is -1.70. The maximum Gasteiger partial charge on any atom is 0.294 e. The van der Waals surface area contributed by atoms with Crippen molar-refractivity contribution in [3.05, 3.63) is 87.5 Å². The fraction of sp³-hybridized carbons (Fsp3) is 0.100. The molecule has 0 aromatic heterocycles. The fourth-order valence-corrected chi connectivity index (χ4v) is 3.40. The van der Waals surface area contributed by atoms with Crippen molar-refractivity contribution >= 4 is 32.7 Å². The summed E-state index contributed by atoms with van der Waals surface area (Å²) in [6.45, 7) is 3.97. The minimum atomic E-state index is -4.02. The third-order valence-electron chi connectivity index (χ3n) is 3.52. The van der Waals surface area contributed by atoms with E-state index in [9.17, 15) is 8.42 Å². The minimum Gasteiger partial charge on any atom is -0.282 e. The van der Waals surface area contributed by atoms with E-state index in [1.165, 1.54) is 32.4 Å². The number of rotatable bonds is 2. The van der Waals surface area contributed by atoms with Gasteiger partial charge in [-0.05, 0) is 65.8 Å². The van der Waals surface area contributed by atoms with Gasteiger partial charge in [0, 0.05) is 3.57 Å². The number of aryl methyl sites for hydroxylation is 2. The minimum absolute atomic E-state index is 0.0666. The van der Waals surface area contributed by atoms with Crippen LogP contribution in [0, 0.1) is 17.4 Å². The maximum atomic E-state index is 10.5. The van der Waals surface area contributed by atoms with Gasteiger partial charge in [0.1, 0.15) is 0 Å². The molecule has 0 aliphatic rings. The molecule has 0 spiro atoms. The standard InChI is InChI=1S/C13H11I.C7H8O3S/c1-10-5-4-6-11(9-10)12-7-2-3-8-13(12)14;1-6-2-4-7(5-3-6)11(8,9)10/h2-9H,1H3;2-5H,1H3,(H,8,9,10). The molecule has 3 nitrogen and oxygen atoms in total. The molecule has 25 heavy (non-hydrogen) atoms. The zero-order chi connectivity index (χ0) is 18.4. The molecule has 0 fully saturated rings. The van der Waals surface area contributed by atoms with E-state index in [4.69, 9.17) is 4.55 Å². The lowest BCUT2D eigenvalue weighted by Gasteiger charge is -2.04. The lowest BCUT2D eigenvalue weighted by atomic mass is 10.0. The Morgan fingerprint density at radius 3 is 2.00 bits per heavy atom. The number of hydrogen-bond acceptors (Lipinski definition) is 2. The van der Waals surface area contributed by atoms with Gasteiger partial charge in [-0.1, -0.05) is 65.7 Å². The highest BCUT2D eigenvalue weighted by Crippen LogP contribution is 2.25. The van der Waals surface area contributed by atoms with Crippen LogP contribution in [0.2, 0.25) is 0 Å². The Morgan fingerprint density at radius 2 is 1.44 bits per heavy atom. The molecule has 0 bridgehead atoms. The molecular formula is C20H19IO3S. The smallest absolute Gasteiger partial charge is 0.282 e. The van der Waals surface area contributed by atoms with Gasteiger partial charge in [0.25, 0.3) is 10.1 Å². The summed E-state index contributed by atoms with van der Waals surface area (Å²) in [7, 11) is -4.02. The number of hydrogen-bond donors (Lipinski definition) is 1. The highest BCUT2D eigenvalue weighted by atomic mass is 127. The van der Waals surface area contributed by atoms with E-state index in [1.54, 1.807) is 12.1 Å². The molecule has 0 radical (unpaired) electrons. The van der Waals surface area contributed by atoms with Crippen molar-refractivity contribution in [3.8, 4) is 11.1 Å². The monoisotopic (exact) mass is 466 g/mol. The first kappa shape index (κ1) is 19.6. The lowest BCUT2D eigenvalue weighted by molar-refractivity contribution is 0.483. The average molecular weight is 466 g/mol. The van der Waals surface area contributed by atoms with Crippen molar-refractivity contribution in [1.29, 1.82) is 0 Å². The van der Waals surface area contributed by atoms with Gasteiger partial charge < -0.3 is 0 Å². The molecule has 1 N–H and O–H groups in total. The van der Waals surface area contributed by atoms with Gasteiger partial charge in [-0.2, -0.15) is 8.42 Å². The third kappa shape index (κ3) is 5.95. The van der Waals surface area contributed by atoms with Gasteiger partial charge in [0.15, 0.2) is 0 Å². The van der Waals surface area contributed by atoms with Crippen LogP contribution in [0.25, 0.3) is 11.1 Å². The first-order valence-electron chi connectivity index (χ1n) is 7.63. The molecule has 0 heterocycles. The summed E-state index contributed by atoms with van der Waals surface area (Å²) in [5.74, 6) is 0. The quantitative estimate of drug-likeness (QED) is 0.401. The third-order valence-corrected chi connectivity index (χ3v) is 5.33. The fourth-order valence-electron chi connectivity index (χ4n) is 2.22. The summed E-state index contributed by atoms with van der Waals surface area (Å²) in [5, 5.41) is 0. The van der Waals surface area contributed by atoms with Crippen molar-refractivity contribution in [2.24, 2.45) is 0 Å². The molecule has 3 aromatic carbocycles. The molecule has 3 aromatic rings. The van der Waals surface area contributed by atoms with Crippen molar-refractivity contribution in [1.82, 2.24) is 0 Å². The van der Waals surface area contributed by atoms with Crippen molar-refractivity contribution in [2.45, 2.75) is 18.7 Å². The van der Waals surface area contributed by atoms with Gasteiger partial charge in [-0.25, -0.2) is 0 Å². The Balaban J connectivity index is 0.000000186. The van der Waals surface area contributed by atoms with Crippen LogP contribution in [0.4, 0.5) is 0 Å². The topological polar surface area (TPSA) is 54.4 Å². The molecule has 3 rings (SSSR count). The van der Waals surface area contributed by atoms with Crippen LogP contribution < -0.4 is 0 Å². The van der Waals surface area contributed by atoms with E-state index in [-0.39, 0.29) is 4.90 Å². The van der Waals surface area contributed by atoms with E-state index in [1.807, 2.05) is 6.92 Å². The Bertz CT molecular complexity index is 949. The second kappa shape index (κ2) is 8.60. The zero-order valence-corrected chi connectivity index (χ0v) is 17.0. The number of halogens is 1. The first-order chi connectivity index (χ1) is 11.8. The van der Waals surface area contributed by atoms with E-state index in [0.29, 0.717) is 0 Å². The summed E-state index contributed by atoms with van der Waals surface area (Å²) in [6, 6.07) is 23.0. The molecule has 0 saturated carbocycles. The Labute approximate surface area is 162 Å². The lowest BCUT2D eigenvalue weighted by Crippen LogP contribution is -1.96. The summed E-state index contributed by atoms with van der Waals surface area (Å²) in [5.41, 5.74) is 4.88. The largest absolute Gasteiger partial charge is 0.294 e. The van der Waals surface area contributed by atoms with Gasteiger partial charge in [-0.3, -0.25) is 4.55 Å². The number of benzene rings is 3. The van der Waals surface area contributed by atoms with Gasteiger partial charge in [0.05, 0.1) is 4.90 Å². The normalized spacial score (nSPS) is 10.7. The van der Waals surface area contributed by atoms with Crippen molar-refractivity contribution < 1.29 is 13.0 Å². The van der Waals surface area contributed by atoms with Crippen LogP contribution in [-0.2, 0) is 10.1 Å². The molecule has 5 heteroatoms. The summed E-state index contributed by atoms with van der Waals surface area (Å²) < 4.78 is 30.9. The molecule has 130 valence electrons. The summed E-state index contributed by atoms with van der Waals surface area (Å²) in [6.07, 6.45) is 0. The average Bonchev–Trinajstić information content (AvgIpc) is 2.55. The molecule has 0 unspecified atom stereocenters. The van der Waals surface area contributed by atoms with E-state index < -0.39 is 10.1 Å². The van der Waals surface area contributed by atoms with E-state index >= 15 is 0 Å². The second-order valence-electron chi connectivity index (χ2n) is 5.64. The predicted octanol–water partition coefficient (Wildman–Crippen LogP) is 5.51. The highest BCUT2D eigenvalue weighted by molar-refractivity contribution is 14.1. The molecule has 0 aliphatic heterocycles. The van der Waals surface area contributed by atoms with Crippen LogP contribution >= 0.6 is 22.6 Å². The van der Waals surface area contributed by atoms with E-state index in [2.05, 4.69) is 78.0 Å². The van der Waals surface area contributed by atoms with Gasteiger partial charge in [-0.15, -0.1) is 0 Å². The summed E-state index contributed by atoms with van der Waals surface area (Å²) in [4.78, 5) is -0.0666. The SMILES string of the molecule is Cc1ccc(S(=O)(=O)O)cc1.Cc1cccc(-c2ccccc2I)c1. The van der Waals surface area contributed by atoms with Crippen LogP contribution in [-0.4, -0.2) is 13.0 Å². The first-order valence-corrected chi connectivity index (χ1v) is 10.1. The van der Waals surface area contributed by atoms with Crippen LogP contribution in [0.1, 0.15) is 11.1 Å². The molecule has 0 aliphatic carbocycles. The van der Waals surface area contributed by atoms with E-state index in [0.717, 1.165) is 5.56 Å². The van der Waals surface area contributed by atoms with Gasteiger partial charge in [0.2, 0.25) is 0 Å². The maximum absolute atomic E-state index is 10.5. The highest BCUT2D eigenvalue weighted by Gasteiger charge is 2.06. The van der Waals surface area contributed by atoms with Crippen LogP contribution in [0.3, 0.4) is 0 Å². The molecule has 0 atom stereocenters. The zero-order valence-electron chi connectivity index (χ0n) is 14.0. The second-order valence-corrected chi connectivity index (χ2v) is 8.22. The van der Waals surface area contributed by atoms with Crippen molar-refractivity contribution in [3.63, 3.8) is 0 Å². The Morgan fingerprint density at radius 1 is 0.800 bits per heavy atom. The van der Waals surface area contributed by atoms with Crippen molar-refractivity contribution in [2.75, 3.05) is 0 Å². The predicted molar refractivity (Wildman–Crippen MR) is 110 cm³/mol.